The summed E-state index contributed by atoms with van der Waals surface area (Å²) < 4.78 is 13.9. The third kappa shape index (κ3) is 4.28. The van der Waals surface area contributed by atoms with E-state index in [9.17, 15) is 4.79 Å². The standard InChI is InChI=1S/C22H22N4O3S/c1-4-28-17-9-6-10-18-21(17)24-22(30-18)26-19(12-15(3)25-26)23-20(27)13-29-16-8-5-7-14(2)11-16/h5-12H,4,13H2,1-3H3,(H,23,27). The van der Waals surface area contributed by atoms with Crippen LogP contribution in [0.25, 0.3) is 15.3 Å². The highest BCUT2D eigenvalue weighted by molar-refractivity contribution is 7.20. The number of aromatic nitrogens is 3. The summed E-state index contributed by atoms with van der Waals surface area (Å²) >= 11 is 1.48. The number of hydrogen-bond acceptors (Lipinski definition) is 6. The van der Waals surface area contributed by atoms with Crippen molar-refractivity contribution in [3.8, 4) is 16.6 Å². The number of carbonyl (C=O) groups is 1. The second-order valence-electron chi connectivity index (χ2n) is 6.77. The second-order valence-corrected chi connectivity index (χ2v) is 7.78. The number of fused-ring (bicyclic) bond motifs is 1. The van der Waals surface area contributed by atoms with Crippen LogP contribution >= 0.6 is 11.3 Å². The van der Waals surface area contributed by atoms with E-state index in [2.05, 4.69) is 10.4 Å². The molecule has 0 aliphatic carbocycles. The van der Waals surface area contributed by atoms with E-state index in [1.807, 2.05) is 63.2 Å². The summed E-state index contributed by atoms with van der Waals surface area (Å²) in [5.74, 6) is 1.67. The van der Waals surface area contributed by atoms with Crippen LogP contribution in [0.3, 0.4) is 0 Å². The van der Waals surface area contributed by atoms with Gasteiger partial charge in [-0.3, -0.25) is 4.79 Å². The van der Waals surface area contributed by atoms with E-state index in [1.165, 1.54) is 11.3 Å². The van der Waals surface area contributed by atoms with Crippen LogP contribution in [0.15, 0.2) is 48.5 Å². The van der Waals surface area contributed by atoms with Gasteiger partial charge in [-0.05, 0) is 50.6 Å². The van der Waals surface area contributed by atoms with Crippen molar-refractivity contribution < 1.29 is 14.3 Å². The fourth-order valence-corrected chi connectivity index (χ4v) is 3.99. The molecule has 0 bridgehead atoms. The fourth-order valence-electron chi connectivity index (χ4n) is 3.04. The number of para-hydroxylation sites is 1. The largest absolute Gasteiger partial charge is 0.492 e. The molecule has 2 heterocycles. The van der Waals surface area contributed by atoms with Crippen LogP contribution in [0.1, 0.15) is 18.2 Å². The van der Waals surface area contributed by atoms with E-state index < -0.39 is 0 Å². The van der Waals surface area contributed by atoms with Gasteiger partial charge in [-0.25, -0.2) is 4.98 Å². The zero-order valence-electron chi connectivity index (χ0n) is 17.0. The molecule has 0 saturated heterocycles. The average Bonchev–Trinajstić information content (AvgIpc) is 3.30. The molecule has 4 rings (SSSR count). The summed E-state index contributed by atoms with van der Waals surface area (Å²) in [5, 5.41) is 8.03. The Labute approximate surface area is 178 Å². The molecule has 0 aliphatic heterocycles. The number of benzene rings is 2. The number of aryl methyl sites for hydroxylation is 2. The minimum Gasteiger partial charge on any atom is -0.492 e. The van der Waals surface area contributed by atoms with E-state index >= 15 is 0 Å². The van der Waals surface area contributed by atoms with Gasteiger partial charge < -0.3 is 14.8 Å². The lowest BCUT2D eigenvalue weighted by molar-refractivity contribution is -0.118. The number of anilines is 1. The number of amides is 1. The molecule has 0 spiro atoms. The van der Waals surface area contributed by atoms with Crippen LogP contribution in [0, 0.1) is 13.8 Å². The van der Waals surface area contributed by atoms with Crippen LogP contribution in [0.2, 0.25) is 0 Å². The lowest BCUT2D eigenvalue weighted by atomic mass is 10.2. The van der Waals surface area contributed by atoms with Crippen molar-refractivity contribution in [2.75, 3.05) is 18.5 Å². The predicted molar refractivity (Wildman–Crippen MR) is 118 cm³/mol. The van der Waals surface area contributed by atoms with Crippen LogP contribution in [-0.2, 0) is 4.79 Å². The van der Waals surface area contributed by atoms with Crippen LogP contribution in [-0.4, -0.2) is 33.9 Å². The average molecular weight is 423 g/mol. The SMILES string of the molecule is CCOc1cccc2sc(-n3nc(C)cc3NC(=O)COc3cccc(C)c3)nc12. The zero-order valence-corrected chi connectivity index (χ0v) is 17.8. The zero-order chi connectivity index (χ0) is 21.1. The van der Waals surface area contributed by atoms with E-state index in [0.717, 1.165) is 27.2 Å². The highest BCUT2D eigenvalue weighted by Crippen LogP contribution is 2.32. The minimum absolute atomic E-state index is 0.0952. The van der Waals surface area contributed by atoms with E-state index in [4.69, 9.17) is 14.5 Å². The number of thiazole rings is 1. The third-order valence-corrected chi connectivity index (χ3v) is 5.31. The molecular weight excluding hydrogens is 400 g/mol. The minimum atomic E-state index is -0.270. The van der Waals surface area contributed by atoms with Gasteiger partial charge in [-0.15, -0.1) is 0 Å². The van der Waals surface area contributed by atoms with Crippen molar-refractivity contribution in [2.24, 2.45) is 0 Å². The smallest absolute Gasteiger partial charge is 0.263 e. The van der Waals surface area contributed by atoms with Gasteiger partial charge in [0.15, 0.2) is 6.61 Å². The Morgan fingerprint density at radius 2 is 1.97 bits per heavy atom. The van der Waals surface area contributed by atoms with Crippen molar-refractivity contribution >= 4 is 33.3 Å². The van der Waals surface area contributed by atoms with E-state index in [-0.39, 0.29) is 12.5 Å². The number of nitrogens with one attached hydrogen (secondary N) is 1. The number of ether oxygens (including phenoxy) is 2. The molecule has 8 heteroatoms. The number of hydrogen-bond donors (Lipinski definition) is 1. The first-order chi connectivity index (χ1) is 14.5. The molecule has 0 atom stereocenters. The maximum atomic E-state index is 12.5. The highest BCUT2D eigenvalue weighted by atomic mass is 32.1. The van der Waals surface area contributed by atoms with Gasteiger partial charge in [-0.1, -0.05) is 29.5 Å². The summed E-state index contributed by atoms with van der Waals surface area (Å²) in [5.41, 5.74) is 2.63. The lowest BCUT2D eigenvalue weighted by Crippen LogP contribution is -2.21. The molecule has 2 aromatic carbocycles. The maximum Gasteiger partial charge on any atom is 0.263 e. The molecule has 30 heavy (non-hydrogen) atoms. The summed E-state index contributed by atoms with van der Waals surface area (Å²) in [4.78, 5) is 17.2. The first kappa shape index (κ1) is 19.9. The molecule has 0 radical (unpaired) electrons. The molecule has 2 aromatic heterocycles. The number of rotatable bonds is 7. The molecule has 7 nitrogen and oxygen atoms in total. The highest BCUT2D eigenvalue weighted by Gasteiger charge is 2.16. The van der Waals surface area contributed by atoms with Gasteiger partial charge in [-0.2, -0.15) is 9.78 Å². The Balaban J connectivity index is 1.54. The van der Waals surface area contributed by atoms with Gasteiger partial charge in [0.2, 0.25) is 5.13 Å². The van der Waals surface area contributed by atoms with Gasteiger partial charge >= 0.3 is 0 Å². The Kier molecular flexibility index (Phi) is 5.67. The van der Waals surface area contributed by atoms with E-state index in [0.29, 0.717) is 23.3 Å². The predicted octanol–water partition coefficient (Wildman–Crippen LogP) is 4.52. The van der Waals surface area contributed by atoms with Crippen molar-refractivity contribution in [3.63, 3.8) is 0 Å². The first-order valence-corrected chi connectivity index (χ1v) is 10.4. The van der Waals surface area contributed by atoms with Crippen LogP contribution in [0.4, 0.5) is 5.82 Å². The van der Waals surface area contributed by atoms with Crippen molar-refractivity contribution in [2.45, 2.75) is 20.8 Å². The Morgan fingerprint density at radius 1 is 1.13 bits per heavy atom. The van der Waals surface area contributed by atoms with Gasteiger partial charge in [0.05, 0.1) is 17.0 Å². The maximum absolute atomic E-state index is 12.5. The fraction of sp³-hybridized carbons (Fsp3) is 0.227. The Bertz CT molecular complexity index is 1200. The molecule has 0 saturated carbocycles. The summed E-state index contributed by atoms with van der Waals surface area (Å²) in [6.07, 6.45) is 0. The summed E-state index contributed by atoms with van der Waals surface area (Å²) in [7, 11) is 0. The van der Waals surface area contributed by atoms with Crippen molar-refractivity contribution in [1.82, 2.24) is 14.8 Å². The Morgan fingerprint density at radius 3 is 2.77 bits per heavy atom. The first-order valence-electron chi connectivity index (χ1n) is 9.62. The molecule has 0 fully saturated rings. The summed E-state index contributed by atoms with van der Waals surface area (Å²) in [6, 6.07) is 15.2. The van der Waals surface area contributed by atoms with Crippen molar-refractivity contribution in [3.05, 3.63) is 59.8 Å². The van der Waals surface area contributed by atoms with E-state index in [1.54, 1.807) is 10.7 Å². The molecule has 1 N–H and O–H groups in total. The van der Waals surface area contributed by atoms with Gasteiger partial charge in [0, 0.05) is 6.07 Å². The van der Waals surface area contributed by atoms with Crippen LogP contribution in [0.5, 0.6) is 11.5 Å². The quantitative estimate of drug-likeness (QED) is 0.474. The molecule has 154 valence electrons. The number of carbonyl (C=O) groups excluding carboxylic acids is 1. The van der Waals surface area contributed by atoms with Crippen LogP contribution < -0.4 is 14.8 Å². The molecule has 4 aromatic rings. The number of nitrogens with zero attached hydrogens (tertiary/aromatic N) is 3. The molecular formula is C22H22N4O3S. The molecule has 1 amide bonds. The van der Waals surface area contributed by atoms with Crippen molar-refractivity contribution in [1.29, 1.82) is 0 Å². The normalized spacial score (nSPS) is 10.9. The molecule has 0 unspecified atom stereocenters. The summed E-state index contributed by atoms with van der Waals surface area (Å²) in [6.45, 7) is 6.25. The Hall–Kier alpha value is -3.39. The van der Waals surface area contributed by atoms with Gasteiger partial charge in [0.1, 0.15) is 22.8 Å². The third-order valence-electron chi connectivity index (χ3n) is 4.31. The lowest BCUT2D eigenvalue weighted by Gasteiger charge is -2.08. The topological polar surface area (TPSA) is 78.3 Å². The van der Waals surface area contributed by atoms with Gasteiger partial charge in [0.25, 0.3) is 5.91 Å². The molecule has 0 aliphatic rings. The monoisotopic (exact) mass is 422 g/mol. The second kappa shape index (κ2) is 8.54.